The highest BCUT2D eigenvalue weighted by Gasteiger charge is 2.30. The number of rotatable bonds is 10. The number of alkyl halides is 3. The van der Waals surface area contributed by atoms with Crippen molar-refractivity contribution >= 4 is 43.0 Å². The Kier molecular flexibility index (Phi) is 8.49. The third kappa shape index (κ3) is 7.95. The summed E-state index contributed by atoms with van der Waals surface area (Å²) in [6, 6.07) is 17.4. The van der Waals surface area contributed by atoms with Gasteiger partial charge in [0.2, 0.25) is 15.9 Å². The highest BCUT2D eigenvalue weighted by Crippen LogP contribution is 2.31. The molecule has 1 amide bonds. The first-order valence-electron chi connectivity index (χ1n) is 10.9. The molecule has 37 heavy (non-hydrogen) atoms. The Labute approximate surface area is 213 Å². The zero-order valence-electron chi connectivity index (χ0n) is 19.6. The van der Waals surface area contributed by atoms with E-state index in [1.807, 2.05) is 0 Å². The Bertz CT molecular complexity index is 1440. The summed E-state index contributed by atoms with van der Waals surface area (Å²) in [5, 5.41) is 2.60. The fourth-order valence-corrected chi connectivity index (χ4v) is 5.39. The van der Waals surface area contributed by atoms with Gasteiger partial charge in [0.25, 0.3) is 10.0 Å². The van der Waals surface area contributed by atoms with Crippen LogP contribution < -0.4 is 14.3 Å². The van der Waals surface area contributed by atoms with Gasteiger partial charge in [0.05, 0.1) is 22.4 Å². The van der Waals surface area contributed by atoms with E-state index >= 15 is 0 Å². The first-order valence-corrected chi connectivity index (χ1v) is 14.2. The third-order valence-electron chi connectivity index (χ3n) is 5.10. The molecule has 0 bridgehead atoms. The second kappa shape index (κ2) is 11.2. The molecule has 198 valence electrons. The highest BCUT2D eigenvalue weighted by atomic mass is 32.2. The number of benzene rings is 3. The zero-order chi connectivity index (χ0) is 27.3. The molecule has 3 rings (SSSR count). The molecular formula is C24H24F3N3O5S2. The van der Waals surface area contributed by atoms with E-state index in [4.69, 9.17) is 0 Å². The van der Waals surface area contributed by atoms with Crippen LogP contribution in [0.15, 0.2) is 83.8 Å². The van der Waals surface area contributed by atoms with Gasteiger partial charge in [0.15, 0.2) is 0 Å². The topological polar surface area (TPSA) is 113 Å². The molecular weight excluding hydrogens is 531 g/mol. The molecule has 0 aliphatic carbocycles. The molecule has 0 saturated carbocycles. The molecule has 3 aromatic carbocycles. The van der Waals surface area contributed by atoms with E-state index in [0.717, 1.165) is 18.4 Å². The van der Waals surface area contributed by atoms with Crippen molar-refractivity contribution in [3.63, 3.8) is 0 Å². The summed E-state index contributed by atoms with van der Waals surface area (Å²) >= 11 is 0. The van der Waals surface area contributed by atoms with E-state index in [-0.39, 0.29) is 30.0 Å². The minimum absolute atomic E-state index is 0.00993. The van der Waals surface area contributed by atoms with E-state index in [1.54, 1.807) is 30.3 Å². The molecule has 0 aromatic heterocycles. The largest absolute Gasteiger partial charge is 0.416 e. The van der Waals surface area contributed by atoms with Gasteiger partial charge in [0, 0.05) is 24.3 Å². The molecule has 13 heteroatoms. The van der Waals surface area contributed by atoms with Crippen LogP contribution in [0, 0.1) is 0 Å². The lowest BCUT2D eigenvalue weighted by Gasteiger charge is -2.22. The summed E-state index contributed by atoms with van der Waals surface area (Å²) in [6.07, 6.45) is -3.29. The fraction of sp³-hybridized carbons (Fsp3) is 0.208. The maximum atomic E-state index is 12.9. The quantitative estimate of drug-likeness (QED) is 0.377. The standard InChI is InChI=1S/C24H24F3N3O5S2/c1-36(32,33)30(21-9-3-2-4-10-21)16-6-11-23(31)28-19-12-14-22(15-13-19)37(34,35)29-20-8-5-7-18(17-20)24(25,26)27/h2-5,7-10,12-15,17,29H,6,11,16H2,1H3,(H,28,31). The van der Waals surface area contributed by atoms with Gasteiger partial charge in [-0.3, -0.25) is 13.8 Å². The SMILES string of the molecule is CS(=O)(=O)N(CCCC(=O)Nc1ccc(S(=O)(=O)Nc2cccc(C(F)(F)F)c2)cc1)c1ccccc1. The monoisotopic (exact) mass is 555 g/mol. The van der Waals surface area contributed by atoms with Crippen LogP contribution in [0.3, 0.4) is 0 Å². The number of carbonyl (C=O) groups is 1. The third-order valence-corrected chi connectivity index (χ3v) is 7.69. The lowest BCUT2D eigenvalue weighted by Crippen LogP contribution is -2.31. The van der Waals surface area contributed by atoms with Gasteiger partial charge in [0.1, 0.15) is 0 Å². The van der Waals surface area contributed by atoms with Gasteiger partial charge in [-0.2, -0.15) is 13.2 Å². The van der Waals surface area contributed by atoms with Crippen LogP contribution in [0.1, 0.15) is 18.4 Å². The van der Waals surface area contributed by atoms with Crippen LogP contribution in [-0.4, -0.2) is 35.5 Å². The average Bonchev–Trinajstić information content (AvgIpc) is 2.81. The summed E-state index contributed by atoms with van der Waals surface area (Å²) in [5.41, 5.74) is -0.452. The molecule has 0 spiro atoms. The van der Waals surface area contributed by atoms with Gasteiger partial charge in [-0.05, 0) is 61.0 Å². The number of amides is 1. The van der Waals surface area contributed by atoms with Gasteiger partial charge in [-0.1, -0.05) is 24.3 Å². The maximum absolute atomic E-state index is 12.9. The summed E-state index contributed by atoms with van der Waals surface area (Å²) in [5.74, 6) is -0.404. The van der Waals surface area contributed by atoms with E-state index in [9.17, 15) is 34.8 Å². The van der Waals surface area contributed by atoms with Crippen LogP contribution >= 0.6 is 0 Å². The van der Waals surface area contributed by atoms with Crippen molar-refractivity contribution in [3.05, 3.63) is 84.4 Å². The number of carbonyl (C=O) groups excluding carboxylic acids is 1. The Hall–Kier alpha value is -3.58. The van der Waals surface area contributed by atoms with Gasteiger partial charge in [-0.15, -0.1) is 0 Å². The van der Waals surface area contributed by atoms with Crippen molar-refractivity contribution in [1.82, 2.24) is 0 Å². The van der Waals surface area contributed by atoms with E-state index < -0.39 is 37.7 Å². The van der Waals surface area contributed by atoms with Crippen molar-refractivity contribution in [3.8, 4) is 0 Å². The molecule has 0 unspecified atom stereocenters. The number of nitrogens with one attached hydrogen (secondary N) is 2. The minimum Gasteiger partial charge on any atom is -0.326 e. The summed E-state index contributed by atoms with van der Waals surface area (Å²) in [6.45, 7) is 0.0919. The Morgan fingerprint density at radius 3 is 2.11 bits per heavy atom. The predicted molar refractivity (Wildman–Crippen MR) is 135 cm³/mol. The Morgan fingerprint density at radius 1 is 0.865 bits per heavy atom. The van der Waals surface area contributed by atoms with Crippen molar-refractivity contribution in [2.75, 3.05) is 27.1 Å². The average molecular weight is 556 g/mol. The van der Waals surface area contributed by atoms with Crippen LogP contribution in [0.25, 0.3) is 0 Å². The molecule has 8 nitrogen and oxygen atoms in total. The molecule has 0 heterocycles. The first-order chi connectivity index (χ1) is 17.3. The van der Waals surface area contributed by atoms with Crippen molar-refractivity contribution in [1.29, 1.82) is 0 Å². The maximum Gasteiger partial charge on any atom is 0.416 e. The number of hydrogen-bond acceptors (Lipinski definition) is 5. The zero-order valence-corrected chi connectivity index (χ0v) is 21.2. The smallest absolute Gasteiger partial charge is 0.326 e. The van der Waals surface area contributed by atoms with Crippen molar-refractivity contribution in [2.24, 2.45) is 0 Å². The van der Waals surface area contributed by atoms with Gasteiger partial charge >= 0.3 is 6.18 Å². The van der Waals surface area contributed by atoms with Crippen LogP contribution in [0.4, 0.5) is 30.2 Å². The van der Waals surface area contributed by atoms with Gasteiger partial charge in [-0.25, -0.2) is 16.8 Å². The predicted octanol–water partition coefficient (Wildman–Crippen LogP) is 4.69. The van der Waals surface area contributed by atoms with Crippen LogP contribution in [0.5, 0.6) is 0 Å². The van der Waals surface area contributed by atoms with Crippen molar-refractivity contribution < 1.29 is 34.8 Å². The second-order valence-corrected chi connectivity index (χ2v) is 11.6. The lowest BCUT2D eigenvalue weighted by atomic mass is 10.2. The number of nitrogens with zero attached hydrogens (tertiary/aromatic N) is 1. The summed E-state index contributed by atoms with van der Waals surface area (Å²) in [4.78, 5) is 12.1. The summed E-state index contributed by atoms with van der Waals surface area (Å²) < 4.78 is 91.3. The molecule has 0 atom stereocenters. The number of anilines is 3. The molecule has 0 aliphatic heterocycles. The molecule has 3 aromatic rings. The van der Waals surface area contributed by atoms with Crippen LogP contribution in [0.2, 0.25) is 0 Å². The number of halogens is 3. The van der Waals surface area contributed by atoms with E-state index in [1.165, 1.54) is 34.6 Å². The molecule has 0 radical (unpaired) electrons. The number of hydrogen-bond donors (Lipinski definition) is 2. The van der Waals surface area contributed by atoms with Gasteiger partial charge < -0.3 is 5.32 Å². The van der Waals surface area contributed by atoms with E-state index in [0.29, 0.717) is 17.4 Å². The summed E-state index contributed by atoms with van der Waals surface area (Å²) in [7, 11) is -7.72. The fourth-order valence-electron chi connectivity index (χ4n) is 3.38. The highest BCUT2D eigenvalue weighted by molar-refractivity contribution is 7.92. The number of sulfonamides is 2. The van der Waals surface area contributed by atoms with Crippen LogP contribution in [-0.2, 0) is 31.0 Å². The number of para-hydroxylation sites is 1. The second-order valence-electron chi connectivity index (χ2n) is 8.03. The normalized spacial score (nSPS) is 12.1. The van der Waals surface area contributed by atoms with Crippen molar-refractivity contribution in [2.45, 2.75) is 23.9 Å². The van der Waals surface area contributed by atoms with E-state index in [2.05, 4.69) is 10.0 Å². The lowest BCUT2D eigenvalue weighted by molar-refractivity contribution is -0.137. The first kappa shape index (κ1) is 28.0. The Balaban J connectivity index is 1.58. The Morgan fingerprint density at radius 2 is 1.51 bits per heavy atom. The molecule has 0 saturated heterocycles. The molecule has 0 fully saturated rings. The molecule has 2 N–H and O–H groups in total. The molecule has 0 aliphatic rings. The minimum atomic E-state index is -4.62.